The van der Waals surface area contributed by atoms with Gasteiger partial charge in [-0.2, -0.15) is 0 Å². The van der Waals surface area contributed by atoms with Crippen LogP contribution in [-0.4, -0.2) is 9.97 Å². The second-order valence-electron chi connectivity index (χ2n) is 5.12. The van der Waals surface area contributed by atoms with Gasteiger partial charge in [0.25, 0.3) is 0 Å². The van der Waals surface area contributed by atoms with Gasteiger partial charge in [0, 0.05) is 11.9 Å². The summed E-state index contributed by atoms with van der Waals surface area (Å²) in [4.78, 5) is 4.71. The average molecular weight is 285 g/mol. The van der Waals surface area contributed by atoms with Crippen molar-refractivity contribution in [1.29, 1.82) is 0 Å². The lowest BCUT2D eigenvalue weighted by molar-refractivity contribution is 0.867. The summed E-state index contributed by atoms with van der Waals surface area (Å²) in [6, 6.07) is 10.2. The Kier molecular flexibility index (Phi) is 4.35. The SMILES string of the molecule is Cc1ccnc(Nc2cccc(C(C)C)c2)c1C(N)=S. The Morgan fingerprint density at radius 3 is 2.70 bits per heavy atom. The summed E-state index contributed by atoms with van der Waals surface area (Å²) < 4.78 is 0. The zero-order valence-electron chi connectivity index (χ0n) is 12.0. The van der Waals surface area contributed by atoms with Crippen molar-refractivity contribution in [2.24, 2.45) is 5.73 Å². The molecule has 3 nitrogen and oxygen atoms in total. The van der Waals surface area contributed by atoms with Crippen molar-refractivity contribution in [3.63, 3.8) is 0 Å². The van der Waals surface area contributed by atoms with Crippen molar-refractivity contribution in [2.75, 3.05) is 5.32 Å². The maximum absolute atomic E-state index is 5.80. The standard InChI is InChI=1S/C16H19N3S/c1-10(2)12-5-4-6-13(9-12)19-16-14(15(17)20)11(3)7-8-18-16/h4-10H,1-3H3,(H2,17,20)(H,18,19). The van der Waals surface area contributed by atoms with Crippen LogP contribution in [0.25, 0.3) is 0 Å². The first-order valence-electron chi connectivity index (χ1n) is 6.61. The first-order chi connectivity index (χ1) is 9.49. The molecule has 0 aliphatic carbocycles. The Morgan fingerprint density at radius 2 is 2.05 bits per heavy atom. The molecular weight excluding hydrogens is 266 g/mol. The normalized spacial score (nSPS) is 10.6. The van der Waals surface area contributed by atoms with Crippen LogP contribution in [-0.2, 0) is 0 Å². The molecule has 0 aliphatic rings. The van der Waals surface area contributed by atoms with Gasteiger partial charge in [-0.25, -0.2) is 4.98 Å². The predicted octanol–water partition coefficient (Wildman–Crippen LogP) is 3.89. The number of hydrogen-bond acceptors (Lipinski definition) is 3. The van der Waals surface area contributed by atoms with Gasteiger partial charge in [0.1, 0.15) is 10.8 Å². The van der Waals surface area contributed by atoms with E-state index in [1.807, 2.05) is 25.1 Å². The third kappa shape index (κ3) is 3.14. The number of pyridine rings is 1. The van der Waals surface area contributed by atoms with Crippen LogP contribution in [0.15, 0.2) is 36.5 Å². The number of anilines is 2. The third-order valence-electron chi connectivity index (χ3n) is 3.22. The Balaban J connectivity index is 2.38. The van der Waals surface area contributed by atoms with Crippen molar-refractivity contribution < 1.29 is 0 Å². The molecule has 2 aromatic rings. The van der Waals surface area contributed by atoms with Crippen LogP contribution in [0.5, 0.6) is 0 Å². The van der Waals surface area contributed by atoms with Crippen molar-refractivity contribution in [2.45, 2.75) is 26.7 Å². The molecule has 0 spiro atoms. The van der Waals surface area contributed by atoms with Crippen molar-refractivity contribution in [3.05, 3.63) is 53.2 Å². The Labute approximate surface area is 125 Å². The van der Waals surface area contributed by atoms with E-state index in [1.165, 1.54) is 5.56 Å². The molecule has 4 heteroatoms. The Bertz CT molecular complexity index is 635. The van der Waals surface area contributed by atoms with Gasteiger partial charge < -0.3 is 11.1 Å². The molecule has 0 aliphatic heterocycles. The highest BCUT2D eigenvalue weighted by atomic mass is 32.1. The van der Waals surface area contributed by atoms with Gasteiger partial charge in [0.2, 0.25) is 0 Å². The van der Waals surface area contributed by atoms with Gasteiger partial charge in [-0.15, -0.1) is 0 Å². The van der Waals surface area contributed by atoms with E-state index in [1.54, 1.807) is 6.20 Å². The predicted molar refractivity (Wildman–Crippen MR) is 88.7 cm³/mol. The molecule has 2 rings (SSSR count). The smallest absolute Gasteiger partial charge is 0.140 e. The van der Waals surface area contributed by atoms with Crippen LogP contribution in [0.4, 0.5) is 11.5 Å². The molecule has 1 aromatic heterocycles. The number of thiocarbonyl (C=S) groups is 1. The molecule has 0 unspecified atom stereocenters. The largest absolute Gasteiger partial charge is 0.389 e. The molecule has 0 bridgehead atoms. The van der Waals surface area contributed by atoms with Gasteiger partial charge in [-0.3, -0.25) is 0 Å². The van der Waals surface area contributed by atoms with Gasteiger partial charge >= 0.3 is 0 Å². The Hall–Kier alpha value is -1.94. The van der Waals surface area contributed by atoms with Crippen LogP contribution < -0.4 is 11.1 Å². The zero-order chi connectivity index (χ0) is 14.7. The van der Waals surface area contributed by atoms with E-state index < -0.39 is 0 Å². The lowest BCUT2D eigenvalue weighted by Crippen LogP contribution is -2.14. The molecule has 20 heavy (non-hydrogen) atoms. The van der Waals surface area contributed by atoms with Gasteiger partial charge in [0.05, 0.1) is 5.56 Å². The number of nitrogens with two attached hydrogens (primary N) is 1. The third-order valence-corrected chi connectivity index (χ3v) is 3.43. The fraction of sp³-hybridized carbons (Fsp3) is 0.250. The summed E-state index contributed by atoms with van der Waals surface area (Å²) in [5.41, 5.74) is 9.89. The summed E-state index contributed by atoms with van der Waals surface area (Å²) >= 11 is 5.12. The second kappa shape index (κ2) is 6.01. The number of aromatic nitrogens is 1. The van der Waals surface area contributed by atoms with E-state index in [4.69, 9.17) is 18.0 Å². The van der Waals surface area contributed by atoms with E-state index in [-0.39, 0.29) is 0 Å². The maximum Gasteiger partial charge on any atom is 0.140 e. The molecule has 0 atom stereocenters. The minimum Gasteiger partial charge on any atom is -0.389 e. The number of aryl methyl sites for hydroxylation is 1. The van der Waals surface area contributed by atoms with Crippen molar-refractivity contribution >= 4 is 28.7 Å². The molecule has 0 saturated heterocycles. The summed E-state index contributed by atoms with van der Waals surface area (Å²) in [6.07, 6.45) is 1.76. The highest BCUT2D eigenvalue weighted by Gasteiger charge is 2.10. The summed E-state index contributed by atoms with van der Waals surface area (Å²) in [5, 5.41) is 3.31. The summed E-state index contributed by atoms with van der Waals surface area (Å²) in [7, 11) is 0. The summed E-state index contributed by atoms with van der Waals surface area (Å²) in [6.45, 7) is 6.32. The number of nitrogens with zero attached hydrogens (tertiary/aromatic N) is 1. The molecule has 0 saturated carbocycles. The van der Waals surface area contributed by atoms with E-state index in [2.05, 4.69) is 36.3 Å². The number of rotatable bonds is 4. The van der Waals surface area contributed by atoms with Crippen LogP contribution in [0.1, 0.15) is 36.5 Å². The van der Waals surface area contributed by atoms with Gasteiger partial charge in [-0.1, -0.05) is 38.2 Å². The summed E-state index contributed by atoms with van der Waals surface area (Å²) in [5.74, 6) is 1.19. The zero-order valence-corrected chi connectivity index (χ0v) is 12.8. The fourth-order valence-electron chi connectivity index (χ4n) is 2.08. The number of hydrogen-bond donors (Lipinski definition) is 2. The van der Waals surface area contributed by atoms with E-state index in [0.29, 0.717) is 16.7 Å². The van der Waals surface area contributed by atoms with Crippen molar-refractivity contribution in [3.8, 4) is 0 Å². The lowest BCUT2D eigenvalue weighted by Gasteiger charge is -2.14. The van der Waals surface area contributed by atoms with Crippen LogP contribution >= 0.6 is 12.2 Å². The maximum atomic E-state index is 5.80. The first-order valence-corrected chi connectivity index (χ1v) is 7.02. The fourth-order valence-corrected chi connectivity index (χ4v) is 2.33. The average Bonchev–Trinajstić information content (AvgIpc) is 2.38. The molecule has 104 valence electrons. The van der Waals surface area contributed by atoms with E-state index in [9.17, 15) is 0 Å². The lowest BCUT2D eigenvalue weighted by atomic mass is 10.0. The molecule has 0 amide bonds. The second-order valence-corrected chi connectivity index (χ2v) is 5.56. The quantitative estimate of drug-likeness (QED) is 0.837. The number of nitrogens with one attached hydrogen (secondary N) is 1. The van der Waals surface area contributed by atoms with Gasteiger partial charge in [0.15, 0.2) is 0 Å². The van der Waals surface area contributed by atoms with E-state index in [0.717, 1.165) is 16.8 Å². The van der Waals surface area contributed by atoms with E-state index >= 15 is 0 Å². The molecule has 1 aromatic carbocycles. The molecule has 0 radical (unpaired) electrons. The topological polar surface area (TPSA) is 50.9 Å². The van der Waals surface area contributed by atoms with Crippen LogP contribution in [0.2, 0.25) is 0 Å². The number of benzene rings is 1. The van der Waals surface area contributed by atoms with Crippen LogP contribution in [0.3, 0.4) is 0 Å². The van der Waals surface area contributed by atoms with Crippen LogP contribution in [0, 0.1) is 6.92 Å². The minimum atomic E-state index is 0.359. The minimum absolute atomic E-state index is 0.359. The molecule has 0 fully saturated rings. The van der Waals surface area contributed by atoms with Crippen molar-refractivity contribution in [1.82, 2.24) is 4.98 Å². The highest BCUT2D eigenvalue weighted by molar-refractivity contribution is 7.80. The highest BCUT2D eigenvalue weighted by Crippen LogP contribution is 2.24. The Morgan fingerprint density at radius 1 is 1.30 bits per heavy atom. The first kappa shape index (κ1) is 14.5. The molecule has 1 heterocycles. The van der Waals surface area contributed by atoms with Gasteiger partial charge in [-0.05, 0) is 42.2 Å². The molecule has 3 N–H and O–H groups in total. The molecular formula is C16H19N3S. The monoisotopic (exact) mass is 285 g/mol.